The normalized spacial score (nSPS) is 32.2. The third-order valence-electron chi connectivity index (χ3n) is 8.35. The Kier molecular flexibility index (Phi) is 5.49. The standard InChI is InChI=1S/C25H31F3N2O2/c26-25(27,28)20-3-1-19(2-4-20)23(32)29-21-5-7-30(8-6-21)22(31)15-24-12-16-9-17(13-24)11-18(10-16)14-24/h1-4,16-18,21H,5-15H2,(H,29,32). The number of benzene rings is 1. The van der Waals surface area contributed by atoms with Crippen LogP contribution in [0.4, 0.5) is 13.2 Å². The summed E-state index contributed by atoms with van der Waals surface area (Å²) >= 11 is 0. The maximum absolute atomic E-state index is 13.1. The van der Waals surface area contributed by atoms with Crippen LogP contribution in [0.3, 0.4) is 0 Å². The van der Waals surface area contributed by atoms with E-state index in [-0.39, 0.29) is 28.8 Å². The van der Waals surface area contributed by atoms with Gasteiger partial charge >= 0.3 is 6.18 Å². The minimum atomic E-state index is -4.41. The van der Waals surface area contributed by atoms with Crippen LogP contribution in [-0.2, 0) is 11.0 Å². The van der Waals surface area contributed by atoms with Crippen LogP contribution < -0.4 is 5.32 Å². The summed E-state index contributed by atoms with van der Waals surface area (Å²) in [7, 11) is 0. The van der Waals surface area contributed by atoms with Gasteiger partial charge in [-0.15, -0.1) is 0 Å². The van der Waals surface area contributed by atoms with Gasteiger partial charge in [0.25, 0.3) is 5.91 Å². The number of alkyl halides is 3. The second-order valence-electron chi connectivity index (χ2n) is 10.8. The molecule has 4 aliphatic carbocycles. The number of hydrogen-bond donors (Lipinski definition) is 1. The Labute approximate surface area is 186 Å². The Morgan fingerprint density at radius 2 is 1.47 bits per heavy atom. The third-order valence-corrected chi connectivity index (χ3v) is 8.35. The van der Waals surface area contributed by atoms with Crippen molar-refractivity contribution in [3.8, 4) is 0 Å². The third kappa shape index (κ3) is 4.40. The number of nitrogens with one attached hydrogen (secondary N) is 1. The summed E-state index contributed by atoms with van der Waals surface area (Å²) in [4.78, 5) is 27.5. The van der Waals surface area contributed by atoms with Crippen molar-refractivity contribution >= 4 is 11.8 Å². The maximum atomic E-state index is 13.1. The maximum Gasteiger partial charge on any atom is 0.416 e. The zero-order chi connectivity index (χ0) is 22.5. The van der Waals surface area contributed by atoms with Crippen LogP contribution >= 0.6 is 0 Å². The van der Waals surface area contributed by atoms with E-state index >= 15 is 0 Å². The molecule has 0 radical (unpaired) electrons. The second kappa shape index (κ2) is 8.07. The van der Waals surface area contributed by atoms with Gasteiger partial charge in [-0.1, -0.05) is 0 Å². The van der Waals surface area contributed by atoms with E-state index in [9.17, 15) is 22.8 Å². The average Bonchev–Trinajstić information content (AvgIpc) is 2.72. The van der Waals surface area contributed by atoms with Crippen molar-refractivity contribution in [3.63, 3.8) is 0 Å². The van der Waals surface area contributed by atoms with Crippen molar-refractivity contribution in [2.24, 2.45) is 23.2 Å². The molecule has 6 rings (SSSR count). The minimum absolute atomic E-state index is 0.0617. The first-order valence-electron chi connectivity index (χ1n) is 11.9. The van der Waals surface area contributed by atoms with Gasteiger partial charge < -0.3 is 10.2 Å². The average molecular weight is 449 g/mol. The molecule has 7 heteroatoms. The van der Waals surface area contributed by atoms with E-state index in [0.29, 0.717) is 32.4 Å². The first-order chi connectivity index (χ1) is 15.2. The quantitative estimate of drug-likeness (QED) is 0.702. The Hall–Kier alpha value is -2.05. The van der Waals surface area contributed by atoms with E-state index in [1.807, 2.05) is 4.90 Å². The van der Waals surface area contributed by atoms with Crippen LogP contribution in [-0.4, -0.2) is 35.8 Å². The molecule has 1 aromatic rings. The molecule has 174 valence electrons. The molecule has 1 N–H and O–H groups in total. The van der Waals surface area contributed by atoms with Crippen LogP contribution in [0.2, 0.25) is 0 Å². The number of carbonyl (C=O) groups is 2. The van der Waals surface area contributed by atoms with Crippen molar-refractivity contribution in [2.75, 3.05) is 13.1 Å². The minimum Gasteiger partial charge on any atom is -0.349 e. The van der Waals surface area contributed by atoms with Gasteiger partial charge in [0.05, 0.1) is 5.56 Å². The van der Waals surface area contributed by atoms with Crippen molar-refractivity contribution in [1.29, 1.82) is 0 Å². The molecule has 0 spiro atoms. The van der Waals surface area contributed by atoms with Crippen molar-refractivity contribution < 1.29 is 22.8 Å². The monoisotopic (exact) mass is 448 g/mol. The molecule has 0 aromatic heterocycles. The molecule has 32 heavy (non-hydrogen) atoms. The highest BCUT2D eigenvalue weighted by Crippen LogP contribution is 2.61. The summed E-state index contributed by atoms with van der Waals surface area (Å²) in [5.41, 5.74) is -0.308. The van der Waals surface area contributed by atoms with Crippen molar-refractivity contribution in [2.45, 2.75) is 70.0 Å². The Morgan fingerprint density at radius 3 is 1.97 bits per heavy atom. The van der Waals surface area contributed by atoms with E-state index in [2.05, 4.69) is 5.32 Å². The molecule has 2 amide bonds. The highest BCUT2D eigenvalue weighted by atomic mass is 19.4. The molecule has 1 heterocycles. The number of piperidine rings is 1. The molecular formula is C25H31F3N2O2. The number of nitrogens with zero attached hydrogens (tertiary/aromatic N) is 1. The highest BCUT2D eigenvalue weighted by molar-refractivity contribution is 5.94. The van der Waals surface area contributed by atoms with Gasteiger partial charge in [-0.2, -0.15) is 13.2 Å². The fourth-order valence-electron chi connectivity index (χ4n) is 7.29. The van der Waals surface area contributed by atoms with Crippen LogP contribution in [0.5, 0.6) is 0 Å². The molecule has 4 saturated carbocycles. The fourth-order valence-corrected chi connectivity index (χ4v) is 7.29. The summed E-state index contributed by atoms with van der Waals surface area (Å²) in [6, 6.07) is 4.22. The second-order valence-corrected chi connectivity index (χ2v) is 10.8. The van der Waals surface area contributed by atoms with Gasteiger partial charge in [0.15, 0.2) is 0 Å². The van der Waals surface area contributed by atoms with E-state index in [0.717, 1.165) is 29.9 Å². The summed E-state index contributed by atoms with van der Waals surface area (Å²) in [6.07, 6.45) is 5.42. The number of halogens is 3. The zero-order valence-corrected chi connectivity index (χ0v) is 18.3. The van der Waals surface area contributed by atoms with Gasteiger partial charge in [0, 0.05) is 31.1 Å². The summed E-state index contributed by atoms with van der Waals surface area (Å²) in [5.74, 6) is 2.40. The molecule has 4 nitrogen and oxygen atoms in total. The molecule has 4 bridgehead atoms. The predicted molar refractivity (Wildman–Crippen MR) is 114 cm³/mol. The van der Waals surface area contributed by atoms with Crippen molar-refractivity contribution in [1.82, 2.24) is 10.2 Å². The number of amides is 2. The van der Waals surface area contributed by atoms with Crippen LogP contribution in [0, 0.1) is 23.2 Å². The lowest BCUT2D eigenvalue weighted by molar-refractivity contribution is -0.140. The largest absolute Gasteiger partial charge is 0.416 e. The van der Waals surface area contributed by atoms with Crippen LogP contribution in [0.1, 0.15) is 73.7 Å². The number of hydrogen-bond acceptors (Lipinski definition) is 2. The molecule has 0 unspecified atom stereocenters. The Bertz CT molecular complexity index is 837. The topological polar surface area (TPSA) is 49.4 Å². The summed E-state index contributed by atoms with van der Waals surface area (Å²) < 4.78 is 38.1. The molecule has 5 aliphatic rings. The van der Waals surface area contributed by atoms with Gasteiger partial charge in [0.1, 0.15) is 0 Å². The predicted octanol–water partition coefficient (Wildman–Crippen LogP) is 5.03. The summed E-state index contributed by atoms with van der Waals surface area (Å²) in [6.45, 7) is 1.26. The first kappa shape index (κ1) is 21.8. The first-order valence-corrected chi connectivity index (χ1v) is 11.9. The number of carbonyl (C=O) groups excluding carboxylic acids is 2. The SMILES string of the molecule is O=C(NC1CCN(C(=O)CC23CC4CC(CC(C4)C2)C3)CC1)c1ccc(C(F)(F)F)cc1. The lowest BCUT2D eigenvalue weighted by atomic mass is 9.49. The number of likely N-dealkylation sites (tertiary alicyclic amines) is 1. The van der Waals surface area contributed by atoms with Gasteiger partial charge in [-0.25, -0.2) is 0 Å². The van der Waals surface area contributed by atoms with E-state index in [4.69, 9.17) is 0 Å². The van der Waals surface area contributed by atoms with Crippen LogP contribution in [0.25, 0.3) is 0 Å². The molecule has 5 fully saturated rings. The molecule has 1 aliphatic heterocycles. The molecular weight excluding hydrogens is 417 g/mol. The zero-order valence-electron chi connectivity index (χ0n) is 18.3. The lowest BCUT2D eigenvalue weighted by Crippen LogP contribution is -2.50. The van der Waals surface area contributed by atoms with Gasteiger partial charge in [0.2, 0.25) is 5.91 Å². The van der Waals surface area contributed by atoms with E-state index in [1.165, 1.54) is 50.7 Å². The van der Waals surface area contributed by atoms with Gasteiger partial charge in [-0.05, 0) is 98.8 Å². The molecule has 1 aromatic carbocycles. The fraction of sp³-hybridized carbons (Fsp3) is 0.680. The van der Waals surface area contributed by atoms with E-state index in [1.54, 1.807) is 0 Å². The molecule has 1 saturated heterocycles. The molecule has 0 atom stereocenters. The number of rotatable bonds is 4. The summed E-state index contributed by atoms with van der Waals surface area (Å²) in [5, 5.41) is 2.92. The Balaban J connectivity index is 1.11. The van der Waals surface area contributed by atoms with E-state index < -0.39 is 11.7 Å². The Morgan fingerprint density at radius 1 is 0.938 bits per heavy atom. The van der Waals surface area contributed by atoms with Gasteiger partial charge in [-0.3, -0.25) is 9.59 Å². The smallest absolute Gasteiger partial charge is 0.349 e. The highest BCUT2D eigenvalue weighted by Gasteiger charge is 2.51. The van der Waals surface area contributed by atoms with Crippen LogP contribution in [0.15, 0.2) is 24.3 Å². The lowest BCUT2D eigenvalue weighted by Gasteiger charge is -2.57. The van der Waals surface area contributed by atoms with Crippen molar-refractivity contribution in [3.05, 3.63) is 35.4 Å².